The molecule has 0 radical (unpaired) electrons. The van der Waals surface area contributed by atoms with Crippen LogP contribution in [0.4, 0.5) is 5.69 Å². The molecule has 2 aliphatic heterocycles. The van der Waals surface area contributed by atoms with Crippen molar-refractivity contribution in [3.05, 3.63) is 47.5 Å². The fraction of sp³-hybridized carbons (Fsp3) is 0.481. The molecule has 188 valence electrons. The van der Waals surface area contributed by atoms with Crippen molar-refractivity contribution in [3.8, 4) is 17.2 Å². The number of methoxy groups -OCH3 is 3. The molecule has 2 amide bonds. The van der Waals surface area contributed by atoms with Crippen LogP contribution in [0.15, 0.2) is 36.4 Å². The van der Waals surface area contributed by atoms with Gasteiger partial charge in [-0.3, -0.25) is 14.5 Å². The molecule has 2 heterocycles. The van der Waals surface area contributed by atoms with Gasteiger partial charge in [0.2, 0.25) is 11.7 Å². The van der Waals surface area contributed by atoms with Crippen LogP contribution in [0.3, 0.4) is 0 Å². The van der Waals surface area contributed by atoms with E-state index in [4.69, 9.17) is 14.2 Å². The third-order valence-corrected chi connectivity index (χ3v) is 7.02. The first-order valence-electron chi connectivity index (χ1n) is 12.1. The number of anilines is 1. The number of amides is 2. The number of carbonyl (C=O) groups excluding carboxylic acids is 2. The van der Waals surface area contributed by atoms with Crippen LogP contribution < -0.4 is 24.8 Å². The second-order valence-corrected chi connectivity index (χ2v) is 9.38. The lowest BCUT2D eigenvalue weighted by Gasteiger charge is -2.48. The Morgan fingerprint density at radius 1 is 0.971 bits per heavy atom. The zero-order valence-electron chi connectivity index (χ0n) is 20.9. The summed E-state index contributed by atoms with van der Waals surface area (Å²) in [7, 11) is 4.60. The number of aryl methyl sites for hydroxylation is 1. The Morgan fingerprint density at radius 3 is 2.20 bits per heavy atom. The van der Waals surface area contributed by atoms with Crippen molar-refractivity contribution in [1.82, 2.24) is 10.2 Å². The second kappa shape index (κ2) is 11.0. The van der Waals surface area contributed by atoms with Gasteiger partial charge in [-0.1, -0.05) is 18.6 Å². The molecule has 8 nitrogen and oxygen atoms in total. The first-order valence-corrected chi connectivity index (χ1v) is 12.1. The van der Waals surface area contributed by atoms with E-state index in [1.54, 1.807) is 12.1 Å². The van der Waals surface area contributed by atoms with Gasteiger partial charge in [-0.2, -0.15) is 0 Å². The molecule has 2 N–H and O–H groups in total. The van der Waals surface area contributed by atoms with Crippen molar-refractivity contribution in [1.29, 1.82) is 0 Å². The summed E-state index contributed by atoms with van der Waals surface area (Å²) < 4.78 is 16.1. The lowest BCUT2D eigenvalue weighted by atomic mass is 9.81. The Kier molecular flexibility index (Phi) is 7.80. The largest absolute Gasteiger partial charge is 0.493 e. The van der Waals surface area contributed by atoms with Gasteiger partial charge in [-0.25, -0.2) is 0 Å². The maximum atomic E-state index is 13.1. The minimum absolute atomic E-state index is 0.00686. The topological polar surface area (TPSA) is 89.1 Å². The normalized spacial score (nSPS) is 21.7. The summed E-state index contributed by atoms with van der Waals surface area (Å²) in [5, 5.41) is 6.24. The van der Waals surface area contributed by atoms with Crippen LogP contribution in [0.25, 0.3) is 0 Å². The molecule has 2 aromatic carbocycles. The average Bonchev–Trinajstić information content (AvgIpc) is 2.83. The summed E-state index contributed by atoms with van der Waals surface area (Å²) in [6, 6.07) is 11.8. The summed E-state index contributed by atoms with van der Waals surface area (Å²) in [6.45, 7) is 2.38. The van der Waals surface area contributed by atoms with E-state index in [1.807, 2.05) is 31.2 Å². The number of hydrogen-bond acceptors (Lipinski definition) is 6. The standard InChI is InChI=1S/C27H35N3O5/c1-17-7-5-8-19(11-17)28-25(31)16-30-21-9-6-10-22(30)15-20(14-21)29-27(32)18-12-23(33-2)26(35-4)24(13-18)34-3/h5,7-8,11-13,20-22H,6,9-10,14-16H2,1-4H3,(H,28,31)(H,29,32)/t20?,21-,22+. The van der Waals surface area contributed by atoms with Crippen molar-refractivity contribution in [3.63, 3.8) is 0 Å². The van der Waals surface area contributed by atoms with E-state index in [0.717, 1.165) is 43.4 Å². The zero-order chi connectivity index (χ0) is 24.9. The van der Waals surface area contributed by atoms with E-state index >= 15 is 0 Å². The number of piperidine rings is 2. The number of hydrogen-bond donors (Lipinski definition) is 2. The molecular formula is C27H35N3O5. The van der Waals surface area contributed by atoms with Gasteiger partial charge in [-0.05, 0) is 62.4 Å². The Balaban J connectivity index is 1.40. The van der Waals surface area contributed by atoms with Gasteiger partial charge in [0.1, 0.15) is 0 Å². The average molecular weight is 482 g/mol. The first kappa shape index (κ1) is 24.9. The van der Waals surface area contributed by atoms with Crippen molar-refractivity contribution >= 4 is 17.5 Å². The number of carbonyl (C=O) groups is 2. The predicted molar refractivity (Wildman–Crippen MR) is 135 cm³/mol. The molecule has 2 fully saturated rings. The van der Waals surface area contributed by atoms with Crippen LogP contribution in [0.2, 0.25) is 0 Å². The summed E-state index contributed by atoms with van der Waals surface area (Å²) >= 11 is 0. The molecule has 1 unspecified atom stereocenters. The molecule has 2 saturated heterocycles. The summed E-state index contributed by atoms with van der Waals surface area (Å²) in [5.74, 6) is 1.19. The molecular weight excluding hydrogens is 446 g/mol. The molecule has 0 aliphatic carbocycles. The lowest BCUT2D eigenvalue weighted by Crippen LogP contribution is -2.58. The van der Waals surface area contributed by atoms with Crippen molar-refractivity contribution in [2.24, 2.45) is 0 Å². The maximum Gasteiger partial charge on any atom is 0.251 e. The van der Waals surface area contributed by atoms with Gasteiger partial charge in [0.25, 0.3) is 5.91 Å². The molecule has 0 saturated carbocycles. The monoisotopic (exact) mass is 481 g/mol. The highest BCUT2D eigenvalue weighted by Crippen LogP contribution is 2.38. The molecule has 2 aliphatic rings. The van der Waals surface area contributed by atoms with Crippen LogP contribution >= 0.6 is 0 Å². The van der Waals surface area contributed by atoms with Crippen molar-refractivity contribution in [2.75, 3.05) is 33.2 Å². The Bertz CT molecular complexity index is 1030. The minimum Gasteiger partial charge on any atom is -0.493 e. The lowest BCUT2D eigenvalue weighted by molar-refractivity contribution is -0.120. The molecule has 2 aromatic rings. The highest BCUT2D eigenvalue weighted by Gasteiger charge is 2.39. The van der Waals surface area contributed by atoms with Gasteiger partial charge in [0, 0.05) is 29.4 Å². The minimum atomic E-state index is -0.169. The number of fused-ring (bicyclic) bond motifs is 2. The van der Waals surface area contributed by atoms with Crippen LogP contribution in [0, 0.1) is 6.92 Å². The molecule has 3 atom stereocenters. The quantitative estimate of drug-likeness (QED) is 0.597. The van der Waals surface area contributed by atoms with E-state index in [9.17, 15) is 9.59 Å². The molecule has 2 bridgehead atoms. The van der Waals surface area contributed by atoms with Gasteiger partial charge < -0.3 is 24.8 Å². The highest BCUT2D eigenvalue weighted by atomic mass is 16.5. The Morgan fingerprint density at radius 2 is 1.63 bits per heavy atom. The van der Waals surface area contributed by atoms with Crippen LogP contribution in [-0.2, 0) is 4.79 Å². The molecule has 0 spiro atoms. The van der Waals surface area contributed by atoms with Crippen LogP contribution in [-0.4, -0.2) is 62.7 Å². The van der Waals surface area contributed by atoms with E-state index < -0.39 is 0 Å². The molecule has 4 rings (SSSR count). The first-order chi connectivity index (χ1) is 16.9. The van der Waals surface area contributed by atoms with E-state index in [2.05, 4.69) is 15.5 Å². The van der Waals surface area contributed by atoms with Gasteiger partial charge >= 0.3 is 0 Å². The Hall–Kier alpha value is -3.26. The van der Waals surface area contributed by atoms with Crippen molar-refractivity contribution in [2.45, 2.75) is 57.2 Å². The summed E-state index contributed by atoms with van der Waals surface area (Å²) in [5.41, 5.74) is 2.40. The van der Waals surface area contributed by atoms with Crippen LogP contribution in [0.1, 0.15) is 48.0 Å². The van der Waals surface area contributed by atoms with E-state index in [-0.39, 0.29) is 29.9 Å². The van der Waals surface area contributed by atoms with E-state index in [1.165, 1.54) is 21.3 Å². The van der Waals surface area contributed by atoms with E-state index in [0.29, 0.717) is 29.4 Å². The third kappa shape index (κ3) is 5.70. The predicted octanol–water partition coefficient (Wildman–Crippen LogP) is 3.77. The molecule has 0 aromatic heterocycles. The van der Waals surface area contributed by atoms with Crippen LogP contribution in [0.5, 0.6) is 17.2 Å². The third-order valence-electron chi connectivity index (χ3n) is 7.02. The number of ether oxygens (including phenoxy) is 3. The smallest absolute Gasteiger partial charge is 0.251 e. The number of benzene rings is 2. The SMILES string of the molecule is COc1cc(C(=O)NC2C[C@H]3CCC[C@@H](C2)N3CC(=O)Nc2cccc(C)c2)cc(OC)c1OC. The summed E-state index contributed by atoms with van der Waals surface area (Å²) in [4.78, 5) is 28.2. The molecule has 35 heavy (non-hydrogen) atoms. The van der Waals surface area contributed by atoms with Crippen molar-refractivity contribution < 1.29 is 23.8 Å². The Labute approximate surface area is 206 Å². The summed E-state index contributed by atoms with van der Waals surface area (Å²) in [6.07, 6.45) is 4.86. The zero-order valence-corrected chi connectivity index (χ0v) is 20.9. The molecule has 8 heteroatoms. The highest BCUT2D eigenvalue weighted by molar-refractivity contribution is 5.96. The van der Waals surface area contributed by atoms with Gasteiger partial charge in [-0.15, -0.1) is 0 Å². The number of nitrogens with one attached hydrogen (secondary N) is 2. The fourth-order valence-corrected chi connectivity index (χ4v) is 5.42. The fourth-order valence-electron chi connectivity index (χ4n) is 5.42. The van der Waals surface area contributed by atoms with Gasteiger partial charge in [0.05, 0.1) is 27.9 Å². The maximum absolute atomic E-state index is 13.1. The number of nitrogens with zero attached hydrogens (tertiary/aromatic N) is 1. The number of rotatable bonds is 8. The second-order valence-electron chi connectivity index (χ2n) is 9.38. The van der Waals surface area contributed by atoms with Gasteiger partial charge in [0.15, 0.2) is 11.5 Å².